The zero-order chi connectivity index (χ0) is 64.0. The van der Waals surface area contributed by atoms with E-state index in [0.29, 0.717) is 77.3 Å². The van der Waals surface area contributed by atoms with Crippen molar-refractivity contribution in [3.05, 3.63) is 78.1 Å². The van der Waals surface area contributed by atoms with Crippen LogP contribution in [-0.4, -0.2) is 170 Å². The van der Waals surface area contributed by atoms with Crippen LogP contribution in [0.5, 0.6) is 11.5 Å². The number of benzene rings is 2. The number of nitrogens with one attached hydrogen (secondary N) is 2. The zero-order valence-corrected chi connectivity index (χ0v) is 55.8. The van der Waals surface area contributed by atoms with Gasteiger partial charge in [-0.1, -0.05) is 22.0 Å². The Hall–Kier alpha value is -7.18. The molecule has 5 saturated heterocycles. The monoisotopic (exact) mass is 1300 g/mol. The third-order valence-corrected chi connectivity index (χ3v) is 18.4. The van der Waals surface area contributed by atoms with Gasteiger partial charge in [-0.25, -0.2) is 29.5 Å². The second-order valence-electron chi connectivity index (χ2n) is 27.9. The molecular weight excluding hydrogens is 1210 g/mol. The lowest BCUT2D eigenvalue weighted by molar-refractivity contribution is -0.120. The summed E-state index contributed by atoms with van der Waals surface area (Å²) in [7, 11) is -0.407. The molecule has 2 N–H and O–H groups in total. The Bertz CT molecular complexity index is 3550. The quantitative estimate of drug-likeness (QED) is 0.109. The summed E-state index contributed by atoms with van der Waals surface area (Å²) in [6.07, 6.45) is 12.6. The third-order valence-electron chi connectivity index (χ3n) is 18.0. The fourth-order valence-electron chi connectivity index (χ4n) is 11.7. The van der Waals surface area contributed by atoms with Gasteiger partial charge < -0.3 is 67.6 Å². The van der Waals surface area contributed by atoms with Crippen molar-refractivity contribution in [1.82, 2.24) is 49.5 Å². The highest BCUT2D eigenvalue weighted by Crippen LogP contribution is 2.44. The van der Waals surface area contributed by atoms with Gasteiger partial charge in [-0.2, -0.15) is 0 Å². The van der Waals surface area contributed by atoms with E-state index in [-0.39, 0.29) is 59.2 Å². The lowest BCUT2D eigenvalue weighted by Crippen LogP contribution is -2.50. The minimum absolute atomic E-state index is 0.0148. The summed E-state index contributed by atoms with van der Waals surface area (Å²) < 4.78 is 41.3. The van der Waals surface area contributed by atoms with Crippen LogP contribution >= 0.6 is 15.9 Å². The molecule has 24 heteroatoms. The van der Waals surface area contributed by atoms with Crippen molar-refractivity contribution in [2.75, 3.05) is 75.2 Å². The highest BCUT2D eigenvalue weighted by Gasteiger charge is 2.52. The van der Waals surface area contributed by atoms with E-state index in [4.69, 9.17) is 38.2 Å². The van der Waals surface area contributed by atoms with E-state index in [0.717, 1.165) is 92.2 Å². The number of imidazole rings is 2. The fourth-order valence-corrected chi connectivity index (χ4v) is 12.1. The van der Waals surface area contributed by atoms with E-state index in [2.05, 4.69) is 73.7 Å². The number of ether oxygens (including phenoxy) is 4. The van der Waals surface area contributed by atoms with Gasteiger partial charge in [-0.15, -0.1) is 0 Å². The van der Waals surface area contributed by atoms with Gasteiger partial charge in [-0.05, 0) is 157 Å². The minimum Gasteiger partial charge on any atom is -0.488 e. The van der Waals surface area contributed by atoms with Crippen LogP contribution in [0.2, 0.25) is 0 Å². The van der Waals surface area contributed by atoms with Gasteiger partial charge >= 0.3 is 19.3 Å². The SMILES string of the molecule is CC(C)(C)OC(=O)N1CCN(c2ccc(B3OC(C)(C)C(C)(C)O3)cn2)CC1.C[C@@H](Oc1cc(-c2ccc(N3CCN(C(=O)OC(C)(C)C)CC3)nc2)cc2ncn(C3CC3)c12)[C@H]1CNC(=O)C1.C[C@@H](Oc1cc(Br)cc2ncn(C3CC3)c12)[C@H]1CNC(=O)C1. The minimum atomic E-state index is -0.500. The molecule has 2 saturated carbocycles. The standard InChI is InChI=1S/C30H38N6O4.C20H32BN3O4.C16H18BrN3O2/c1-19(22-15-27(37)32-17-22)39-25-14-21(13-24-28(25)36(18-33-24)23-6-7-23)20-5-8-26(31-16-20)34-9-11-35(12-10-34)29(38)40-30(2,3)4;1-18(2,3)26-17(25)24-12-10-23(11-13-24)16-9-8-15(14-22-16)21-27-19(4,5)20(6,7)28-21;1-9(10-4-15(21)18-7-10)22-14-6-11(17)5-13-16(14)20(8-19-13)12-2-3-12/h5,8,13-14,16,18-19,22-23H,6-7,9-12,15,17H2,1-4H3,(H,32,37);8-9,14H,10-13H2,1-7H3;5-6,8-10,12H,2-4,7H2,1H3,(H,18,21)/t19-,22-;;9-,10-/m1.1/s1. The Labute approximate surface area is 536 Å². The summed E-state index contributed by atoms with van der Waals surface area (Å²) in [6.45, 7) is 30.2. The Morgan fingerprint density at radius 1 is 0.600 bits per heavy atom. The highest BCUT2D eigenvalue weighted by molar-refractivity contribution is 9.10. The number of hydrogen-bond donors (Lipinski definition) is 2. The van der Waals surface area contributed by atoms with E-state index in [1.54, 1.807) is 9.80 Å². The first kappa shape index (κ1) is 64.4. The van der Waals surface area contributed by atoms with Gasteiger partial charge in [0.25, 0.3) is 0 Å². The molecule has 4 aromatic heterocycles. The number of pyridine rings is 2. The summed E-state index contributed by atoms with van der Waals surface area (Å²) in [6, 6.07) is 17.3. The number of nitrogens with zero attached hydrogens (tertiary/aromatic N) is 10. The Balaban J connectivity index is 0.000000146. The summed E-state index contributed by atoms with van der Waals surface area (Å²) in [5.41, 5.74) is 5.10. The van der Waals surface area contributed by atoms with Crippen LogP contribution in [0.3, 0.4) is 0 Å². The number of aromatic nitrogens is 6. The van der Waals surface area contributed by atoms with E-state index in [1.807, 2.05) is 138 Å². The first-order chi connectivity index (χ1) is 42.6. The van der Waals surface area contributed by atoms with Crippen LogP contribution in [0, 0.1) is 11.8 Å². The van der Waals surface area contributed by atoms with E-state index in [1.165, 1.54) is 12.8 Å². The van der Waals surface area contributed by atoms with Crippen LogP contribution in [0.25, 0.3) is 33.2 Å². The molecule has 0 spiro atoms. The number of hydrogen-bond acceptors (Lipinski definition) is 16. The van der Waals surface area contributed by atoms with Crippen LogP contribution in [0.4, 0.5) is 21.2 Å². The Morgan fingerprint density at radius 3 is 1.44 bits per heavy atom. The fraction of sp³-hybridized carbons (Fsp3) is 0.576. The predicted molar refractivity (Wildman–Crippen MR) is 349 cm³/mol. The van der Waals surface area contributed by atoms with Crippen molar-refractivity contribution in [2.45, 2.75) is 168 Å². The average molecular weight is 1300 g/mol. The molecule has 22 nitrogen and oxygen atoms in total. The number of carbonyl (C=O) groups excluding carboxylic acids is 4. The maximum atomic E-state index is 12.4. The molecule has 6 aromatic rings. The molecule has 0 radical (unpaired) electrons. The smallest absolute Gasteiger partial charge is 0.488 e. The van der Waals surface area contributed by atoms with Crippen LogP contribution in [-0.2, 0) is 28.4 Å². The zero-order valence-electron chi connectivity index (χ0n) is 54.2. The van der Waals surface area contributed by atoms with Gasteiger partial charge in [0, 0.05) is 130 Å². The van der Waals surface area contributed by atoms with E-state index in [9.17, 15) is 19.2 Å². The molecule has 9 heterocycles. The van der Waals surface area contributed by atoms with Crippen molar-refractivity contribution >= 4 is 86.2 Å². The highest BCUT2D eigenvalue weighted by atomic mass is 79.9. The first-order valence-corrected chi connectivity index (χ1v) is 32.7. The van der Waals surface area contributed by atoms with Gasteiger partial charge in [-0.3, -0.25) is 9.59 Å². The predicted octanol–water partition coefficient (Wildman–Crippen LogP) is 9.87. The Morgan fingerprint density at radius 2 is 1.04 bits per heavy atom. The lowest BCUT2D eigenvalue weighted by Gasteiger charge is -2.36. The van der Waals surface area contributed by atoms with Gasteiger partial charge in [0.2, 0.25) is 11.8 Å². The van der Waals surface area contributed by atoms with E-state index < -0.39 is 18.3 Å². The first-order valence-electron chi connectivity index (χ1n) is 31.9. The molecule has 2 aliphatic carbocycles. The number of carbonyl (C=O) groups is 4. The number of anilines is 2. The number of rotatable bonds is 12. The lowest BCUT2D eigenvalue weighted by atomic mass is 9.80. The van der Waals surface area contributed by atoms with E-state index >= 15 is 0 Å². The van der Waals surface area contributed by atoms with Crippen molar-refractivity contribution in [2.24, 2.45) is 11.8 Å². The molecule has 482 valence electrons. The molecule has 4 atom stereocenters. The van der Waals surface area contributed by atoms with Crippen molar-refractivity contribution in [3.8, 4) is 22.6 Å². The molecule has 13 rings (SSSR count). The second kappa shape index (κ2) is 25.8. The maximum absolute atomic E-state index is 12.4. The van der Waals surface area contributed by atoms with Crippen molar-refractivity contribution in [1.29, 1.82) is 0 Å². The van der Waals surface area contributed by atoms with Gasteiger partial charge in [0.1, 0.15) is 57.6 Å². The summed E-state index contributed by atoms with van der Waals surface area (Å²) in [4.78, 5) is 74.3. The molecule has 0 unspecified atom stereocenters. The van der Waals surface area contributed by atoms with Crippen molar-refractivity contribution < 1.29 is 47.4 Å². The topological polar surface area (TPSA) is 222 Å². The van der Waals surface area contributed by atoms with Crippen LogP contribution in [0.15, 0.2) is 78.1 Å². The summed E-state index contributed by atoms with van der Waals surface area (Å²) in [5, 5.41) is 5.79. The number of fused-ring (bicyclic) bond motifs is 2. The van der Waals surface area contributed by atoms with Crippen LogP contribution in [0.1, 0.15) is 134 Å². The normalized spacial score (nSPS) is 21.5. The maximum Gasteiger partial charge on any atom is 0.496 e. The molecule has 7 fully saturated rings. The largest absolute Gasteiger partial charge is 0.496 e. The van der Waals surface area contributed by atoms with Gasteiger partial charge in [0.15, 0.2) is 0 Å². The molecule has 4 amide bonds. The van der Waals surface area contributed by atoms with Crippen LogP contribution < -0.4 is 35.4 Å². The molecule has 90 heavy (non-hydrogen) atoms. The molecule has 2 aromatic carbocycles. The molecule has 7 aliphatic rings. The molecule has 0 bridgehead atoms. The molecule has 5 aliphatic heterocycles. The van der Waals surface area contributed by atoms with Crippen molar-refractivity contribution in [3.63, 3.8) is 0 Å². The number of halogens is 1. The van der Waals surface area contributed by atoms with Gasteiger partial charge in [0.05, 0.1) is 34.9 Å². The second-order valence-corrected chi connectivity index (χ2v) is 28.8. The average Bonchev–Trinajstić information content (AvgIpc) is 1.65. The number of piperazine rings is 2. The third kappa shape index (κ3) is 15.2. The summed E-state index contributed by atoms with van der Waals surface area (Å²) in [5.74, 6) is 3.98. The number of amides is 4. The molecular formula is C66H88BBrN12O10. The summed E-state index contributed by atoms with van der Waals surface area (Å²) >= 11 is 3.53. The Kier molecular flexibility index (Phi) is 18.5.